The summed E-state index contributed by atoms with van der Waals surface area (Å²) in [5.41, 5.74) is 0.439. The van der Waals surface area contributed by atoms with Crippen molar-refractivity contribution in [2.45, 2.75) is 57.7 Å². The van der Waals surface area contributed by atoms with Gasteiger partial charge >= 0.3 is 0 Å². The van der Waals surface area contributed by atoms with Crippen LogP contribution in [-0.4, -0.2) is 62.2 Å². The Hall–Kier alpha value is -0.120. The van der Waals surface area contributed by atoms with E-state index in [1.807, 2.05) is 0 Å². The molecule has 0 amide bonds. The second-order valence-electron chi connectivity index (χ2n) is 7.08. The summed E-state index contributed by atoms with van der Waals surface area (Å²) in [5.74, 6) is 0. The minimum absolute atomic E-state index is 0.439. The zero-order chi connectivity index (χ0) is 13.3. The van der Waals surface area contributed by atoms with Crippen LogP contribution in [0.4, 0.5) is 0 Å². The Morgan fingerprint density at radius 3 is 2.61 bits per heavy atom. The standard InChI is InChI=1S/C15H31N3/c1-15(2)9-8-13(14(15)16-3)18(5)12-7-6-10-17(4)11-12/h12-14,16H,6-11H2,1-5H3. The van der Waals surface area contributed by atoms with Crippen LogP contribution in [0.15, 0.2) is 0 Å². The van der Waals surface area contributed by atoms with Gasteiger partial charge in [0, 0.05) is 24.7 Å². The van der Waals surface area contributed by atoms with Gasteiger partial charge in [0.25, 0.3) is 0 Å². The lowest BCUT2D eigenvalue weighted by atomic mass is 9.86. The quantitative estimate of drug-likeness (QED) is 0.827. The van der Waals surface area contributed by atoms with Gasteiger partial charge in [-0.15, -0.1) is 0 Å². The third-order valence-corrected chi connectivity index (χ3v) is 5.32. The molecular formula is C15H31N3. The molecular weight excluding hydrogens is 222 g/mol. The van der Waals surface area contributed by atoms with Crippen LogP contribution in [0.1, 0.15) is 39.5 Å². The highest BCUT2D eigenvalue weighted by Gasteiger charge is 2.44. The van der Waals surface area contributed by atoms with Crippen LogP contribution in [-0.2, 0) is 0 Å². The summed E-state index contributed by atoms with van der Waals surface area (Å²) in [5, 5.41) is 3.58. The van der Waals surface area contributed by atoms with Crippen LogP contribution >= 0.6 is 0 Å². The molecule has 3 unspecified atom stereocenters. The number of likely N-dealkylation sites (tertiary alicyclic amines) is 1. The highest BCUT2D eigenvalue weighted by Crippen LogP contribution is 2.40. The van der Waals surface area contributed by atoms with E-state index >= 15 is 0 Å². The molecule has 0 bridgehead atoms. The molecule has 1 aliphatic heterocycles. The van der Waals surface area contributed by atoms with E-state index in [9.17, 15) is 0 Å². The van der Waals surface area contributed by atoms with Gasteiger partial charge in [-0.25, -0.2) is 0 Å². The molecule has 2 rings (SSSR count). The van der Waals surface area contributed by atoms with Crippen LogP contribution in [0, 0.1) is 5.41 Å². The monoisotopic (exact) mass is 253 g/mol. The zero-order valence-electron chi connectivity index (χ0n) is 12.9. The van der Waals surface area contributed by atoms with Gasteiger partial charge < -0.3 is 10.2 Å². The zero-order valence-corrected chi connectivity index (χ0v) is 12.9. The fraction of sp³-hybridized carbons (Fsp3) is 1.00. The van der Waals surface area contributed by atoms with Crippen LogP contribution in [0.25, 0.3) is 0 Å². The first-order valence-electron chi connectivity index (χ1n) is 7.53. The predicted molar refractivity (Wildman–Crippen MR) is 77.9 cm³/mol. The minimum atomic E-state index is 0.439. The summed E-state index contributed by atoms with van der Waals surface area (Å²) >= 11 is 0. The van der Waals surface area contributed by atoms with Crippen molar-refractivity contribution in [1.29, 1.82) is 0 Å². The average Bonchev–Trinajstić information content (AvgIpc) is 2.63. The molecule has 106 valence electrons. The van der Waals surface area contributed by atoms with E-state index in [4.69, 9.17) is 0 Å². The van der Waals surface area contributed by atoms with Crippen molar-refractivity contribution < 1.29 is 0 Å². The molecule has 1 heterocycles. The maximum Gasteiger partial charge on any atom is 0.0271 e. The Morgan fingerprint density at radius 2 is 2.00 bits per heavy atom. The molecule has 3 heteroatoms. The molecule has 3 atom stereocenters. The summed E-state index contributed by atoms with van der Waals surface area (Å²) in [6.07, 6.45) is 5.41. The Morgan fingerprint density at radius 1 is 1.28 bits per heavy atom. The van der Waals surface area contributed by atoms with Crippen LogP contribution in [0.5, 0.6) is 0 Å². The van der Waals surface area contributed by atoms with Gasteiger partial charge in [0.2, 0.25) is 0 Å². The molecule has 0 spiro atoms. The highest BCUT2D eigenvalue weighted by molar-refractivity contribution is 5.01. The first kappa shape index (κ1) is 14.3. The van der Waals surface area contributed by atoms with Crippen molar-refractivity contribution in [3.05, 3.63) is 0 Å². The van der Waals surface area contributed by atoms with Crippen molar-refractivity contribution in [2.24, 2.45) is 5.41 Å². The van der Waals surface area contributed by atoms with Crippen molar-refractivity contribution in [2.75, 3.05) is 34.2 Å². The molecule has 2 aliphatic rings. The average molecular weight is 253 g/mol. The highest BCUT2D eigenvalue weighted by atomic mass is 15.2. The van der Waals surface area contributed by atoms with Gasteiger partial charge in [-0.05, 0) is 58.8 Å². The number of likely N-dealkylation sites (N-methyl/N-ethyl adjacent to an activating group) is 3. The minimum Gasteiger partial charge on any atom is -0.315 e. The molecule has 18 heavy (non-hydrogen) atoms. The van der Waals surface area contributed by atoms with Gasteiger partial charge in [0.1, 0.15) is 0 Å². The van der Waals surface area contributed by atoms with E-state index in [1.54, 1.807) is 0 Å². The summed E-state index contributed by atoms with van der Waals surface area (Å²) in [6, 6.07) is 2.09. The van der Waals surface area contributed by atoms with E-state index < -0.39 is 0 Å². The maximum atomic E-state index is 3.58. The summed E-state index contributed by atoms with van der Waals surface area (Å²) in [4.78, 5) is 5.16. The number of nitrogens with one attached hydrogen (secondary N) is 1. The van der Waals surface area contributed by atoms with Crippen molar-refractivity contribution >= 4 is 0 Å². The summed E-state index contributed by atoms with van der Waals surface area (Å²) in [6.45, 7) is 7.34. The third kappa shape index (κ3) is 2.73. The molecule has 0 aromatic carbocycles. The normalized spacial score (nSPS) is 37.3. The fourth-order valence-electron chi connectivity index (χ4n) is 4.13. The predicted octanol–water partition coefficient (Wildman–Crippen LogP) is 1.79. The largest absolute Gasteiger partial charge is 0.315 e. The molecule has 3 nitrogen and oxygen atoms in total. The Bertz CT molecular complexity index is 277. The van der Waals surface area contributed by atoms with Gasteiger partial charge in [-0.3, -0.25) is 4.90 Å². The maximum absolute atomic E-state index is 3.58. The molecule has 1 saturated carbocycles. The van der Waals surface area contributed by atoms with Crippen molar-refractivity contribution in [1.82, 2.24) is 15.1 Å². The van der Waals surface area contributed by atoms with Crippen molar-refractivity contribution in [3.63, 3.8) is 0 Å². The number of hydrogen-bond acceptors (Lipinski definition) is 3. The Labute approximate surface area is 113 Å². The van der Waals surface area contributed by atoms with Gasteiger partial charge in [0.15, 0.2) is 0 Å². The lowest BCUT2D eigenvalue weighted by molar-refractivity contribution is 0.0804. The number of rotatable bonds is 3. The first-order chi connectivity index (χ1) is 8.45. The van der Waals surface area contributed by atoms with E-state index in [0.29, 0.717) is 17.5 Å². The van der Waals surface area contributed by atoms with Crippen LogP contribution < -0.4 is 5.32 Å². The van der Waals surface area contributed by atoms with Gasteiger partial charge in [-0.1, -0.05) is 13.8 Å². The Balaban J connectivity index is 2.02. The molecule has 1 aliphatic carbocycles. The van der Waals surface area contributed by atoms with E-state index in [2.05, 4.69) is 50.1 Å². The topological polar surface area (TPSA) is 18.5 Å². The first-order valence-corrected chi connectivity index (χ1v) is 7.53. The molecule has 0 aromatic rings. The van der Waals surface area contributed by atoms with Crippen molar-refractivity contribution in [3.8, 4) is 0 Å². The van der Waals surface area contributed by atoms with E-state index in [1.165, 1.54) is 38.8 Å². The smallest absolute Gasteiger partial charge is 0.0271 e. The number of nitrogens with zero attached hydrogens (tertiary/aromatic N) is 2. The lowest BCUT2D eigenvalue weighted by Crippen LogP contribution is -2.55. The lowest BCUT2D eigenvalue weighted by Gasteiger charge is -2.42. The molecule has 0 radical (unpaired) electrons. The van der Waals surface area contributed by atoms with Crippen LogP contribution in [0.2, 0.25) is 0 Å². The number of hydrogen-bond donors (Lipinski definition) is 1. The SMILES string of the molecule is CNC1C(N(C)C2CCCN(C)C2)CCC1(C)C. The van der Waals surface area contributed by atoms with Gasteiger partial charge in [0.05, 0.1) is 0 Å². The molecule has 0 aromatic heterocycles. The Kier molecular flexibility index (Phi) is 4.35. The molecule has 1 saturated heterocycles. The number of piperidine rings is 1. The van der Waals surface area contributed by atoms with E-state index in [0.717, 1.165) is 6.04 Å². The second-order valence-corrected chi connectivity index (χ2v) is 7.08. The fourth-order valence-corrected chi connectivity index (χ4v) is 4.13. The third-order valence-electron chi connectivity index (χ3n) is 5.32. The molecule has 2 fully saturated rings. The van der Waals surface area contributed by atoms with E-state index in [-0.39, 0.29) is 0 Å². The molecule has 1 N–H and O–H groups in total. The summed E-state index contributed by atoms with van der Waals surface area (Å²) in [7, 11) is 6.74. The summed E-state index contributed by atoms with van der Waals surface area (Å²) < 4.78 is 0. The van der Waals surface area contributed by atoms with Gasteiger partial charge in [-0.2, -0.15) is 0 Å². The van der Waals surface area contributed by atoms with Crippen LogP contribution in [0.3, 0.4) is 0 Å². The second kappa shape index (κ2) is 5.48.